The lowest BCUT2D eigenvalue weighted by atomic mass is 9.92. The van der Waals surface area contributed by atoms with Gasteiger partial charge in [-0.1, -0.05) is 19.1 Å². The zero-order chi connectivity index (χ0) is 22.2. The molecule has 3 aliphatic rings. The highest BCUT2D eigenvalue weighted by atomic mass is 19.1. The summed E-state index contributed by atoms with van der Waals surface area (Å²) in [5.74, 6) is 0.409. The van der Waals surface area contributed by atoms with Gasteiger partial charge in [0.2, 0.25) is 5.91 Å². The van der Waals surface area contributed by atoms with Crippen molar-refractivity contribution in [1.82, 2.24) is 19.6 Å². The smallest absolute Gasteiger partial charge is 0.274 e. The number of nitrogens with zero attached hydrogens (tertiary/aromatic N) is 4. The van der Waals surface area contributed by atoms with Crippen LogP contribution in [0.4, 0.5) is 4.39 Å². The fourth-order valence-corrected chi connectivity index (χ4v) is 5.56. The van der Waals surface area contributed by atoms with Gasteiger partial charge in [0.15, 0.2) is 5.69 Å². The Balaban J connectivity index is 1.30. The van der Waals surface area contributed by atoms with Crippen LogP contribution in [0, 0.1) is 17.7 Å². The average molecular weight is 439 g/mol. The first-order chi connectivity index (χ1) is 15.5. The topological polar surface area (TPSA) is 58.4 Å². The van der Waals surface area contributed by atoms with Gasteiger partial charge in [-0.2, -0.15) is 5.10 Å². The van der Waals surface area contributed by atoms with Crippen molar-refractivity contribution in [3.05, 3.63) is 47.0 Å². The largest absolute Gasteiger partial charge is 0.342 e. The first-order valence-electron chi connectivity index (χ1n) is 12.0. The number of rotatable bonds is 3. The normalized spacial score (nSPS) is 21.6. The molecule has 0 spiro atoms. The summed E-state index contributed by atoms with van der Waals surface area (Å²) < 4.78 is 16.0. The molecular formula is C25H31FN4O2. The van der Waals surface area contributed by atoms with E-state index in [9.17, 15) is 14.0 Å². The van der Waals surface area contributed by atoms with Crippen LogP contribution in [0.25, 0.3) is 5.69 Å². The number of halogens is 1. The lowest BCUT2D eigenvalue weighted by molar-refractivity contribution is -0.138. The van der Waals surface area contributed by atoms with Gasteiger partial charge in [0.05, 0.1) is 0 Å². The number of likely N-dealkylation sites (tertiary alicyclic amines) is 2. The average Bonchev–Trinajstić information content (AvgIpc) is 3.42. The Hall–Kier alpha value is -2.70. The summed E-state index contributed by atoms with van der Waals surface area (Å²) in [6.07, 6.45) is 6.23. The second-order valence-electron chi connectivity index (χ2n) is 9.59. The quantitative estimate of drug-likeness (QED) is 0.736. The molecular weight excluding hydrogens is 407 g/mol. The molecule has 2 aliphatic heterocycles. The molecule has 2 aromatic rings. The molecule has 0 saturated carbocycles. The monoisotopic (exact) mass is 438 g/mol. The van der Waals surface area contributed by atoms with Gasteiger partial charge in [0.1, 0.15) is 11.5 Å². The number of amides is 2. The van der Waals surface area contributed by atoms with Crippen LogP contribution < -0.4 is 0 Å². The van der Waals surface area contributed by atoms with Crippen LogP contribution in [0.15, 0.2) is 24.3 Å². The molecule has 2 saturated heterocycles. The minimum atomic E-state index is -0.338. The molecule has 6 nitrogen and oxygen atoms in total. The highest BCUT2D eigenvalue weighted by Crippen LogP contribution is 2.31. The summed E-state index contributed by atoms with van der Waals surface area (Å²) in [5.41, 5.74) is 2.75. The molecule has 0 radical (unpaired) electrons. The predicted octanol–water partition coefficient (Wildman–Crippen LogP) is 3.61. The van der Waals surface area contributed by atoms with Crippen molar-refractivity contribution < 1.29 is 14.0 Å². The van der Waals surface area contributed by atoms with E-state index >= 15 is 0 Å². The highest BCUT2D eigenvalue weighted by Gasteiger charge is 2.35. The Kier molecular flexibility index (Phi) is 5.74. The maximum absolute atomic E-state index is 14.4. The van der Waals surface area contributed by atoms with Gasteiger partial charge in [0.25, 0.3) is 5.91 Å². The third kappa shape index (κ3) is 3.82. The van der Waals surface area contributed by atoms with Crippen molar-refractivity contribution >= 4 is 11.8 Å². The molecule has 170 valence electrons. The fourth-order valence-electron chi connectivity index (χ4n) is 5.56. The molecule has 1 aromatic heterocycles. The van der Waals surface area contributed by atoms with Crippen LogP contribution in [-0.2, 0) is 17.6 Å². The summed E-state index contributed by atoms with van der Waals surface area (Å²) in [4.78, 5) is 30.2. The van der Waals surface area contributed by atoms with Gasteiger partial charge in [-0.25, -0.2) is 9.07 Å². The molecule has 3 heterocycles. The van der Waals surface area contributed by atoms with Crippen molar-refractivity contribution in [3.63, 3.8) is 0 Å². The third-order valence-corrected chi connectivity index (χ3v) is 7.31. The van der Waals surface area contributed by atoms with Gasteiger partial charge in [-0.15, -0.1) is 0 Å². The van der Waals surface area contributed by atoms with Gasteiger partial charge >= 0.3 is 0 Å². The first-order valence-corrected chi connectivity index (χ1v) is 12.0. The van der Waals surface area contributed by atoms with E-state index in [1.807, 2.05) is 9.80 Å². The molecule has 1 atom stereocenters. The van der Waals surface area contributed by atoms with E-state index in [1.165, 1.54) is 12.5 Å². The molecule has 32 heavy (non-hydrogen) atoms. The maximum Gasteiger partial charge on any atom is 0.274 e. The molecule has 1 aromatic carbocycles. The minimum absolute atomic E-state index is 0.00559. The number of hydrogen-bond acceptors (Lipinski definition) is 3. The van der Waals surface area contributed by atoms with Crippen LogP contribution in [-0.4, -0.2) is 57.6 Å². The number of carbonyl (C=O) groups excluding carboxylic acids is 2. The molecule has 0 N–H and O–H groups in total. The number of benzene rings is 1. The van der Waals surface area contributed by atoms with E-state index in [0.29, 0.717) is 43.2 Å². The summed E-state index contributed by atoms with van der Waals surface area (Å²) in [5, 5.41) is 4.58. The van der Waals surface area contributed by atoms with Gasteiger partial charge in [0, 0.05) is 43.4 Å². The number of aromatic nitrogens is 2. The summed E-state index contributed by atoms with van der Waals surface area (Å²) in [6.45, 7) is 5.07. The fraction of sp³-hybridized carbons (Fsp3) is 0.560. The Labute approximate surface area is 188 Å². The molecule has 2 fully saturated rings. The van der Waals surface area contributed by atoms with Crippen LogP contribution in [0.2, 0.25) is 0 Å². The summed E-state index contributed by atoms with van der Waals surface area (Å²) in [7, 11) is 0. The SMILES string of the molecule is CC1CCCN(C(=O)C2CCN(C(=O)c3nn(-c4ccccc4F)c4c3CCC4)CC2)C1. The van der Waals surface area contributed by atoms with E-state index in [2.05, 4.69) is 12.0 Å². The van der Waals surface area contributed by atoms with E-state index in [4.69, 9.17) is 0 Å². The molecule has 0 bridgehead atoms. The van der Waals surface area contributed by atoms with E-state index in [-0.39, 0.29) is 23.5 Å². The Morgan fingerprint density at radius 1 is 1.00 bits per heavy atom. The van der Waals surface area contributed by atoms with Crippen LogP contribution in [0.5, 0.6) is 0 Å². The van der Waals surface area contributed by atoms with Gasteiger partial charge in [-0.3, -0.25) is 9.59 Å². The Bertz CT molecular complexity index is 1020. The third-order valence-electron chi connectivity index (χ3n) is 7.31. The number of para-hydroxylation sites is 1. The van der Waals surface area contributed by atoms with E-state index in [1.54, 1.807) is 22.9 Å². The van der Waals surface area contributed by atoms with Crippen LogP contribution >= 0.6 is 0 Å². The first kappa shape index (κ1) is 21.2. The van der Waals surface area contributed by atoms with Crippen molar-refractivity contribution in [2.75, 3.05) is 26.2 Å². The number of hydrogen-bond donors (Lipinski definition) is 0. The number of carbonyl (C=O) groups is 2. The van der Waals surface area contributed by atoms with Crippen LogP contribution in [0.3, 0.4) is 0 Å². The maximum atomic E-state index is 14.4. The van der Waals surface area contributed by atoms with Gasteiger partial charge in [-0.05, 0) is 63.0 Å². The van der Waals surface area contributed by atoms with Crippen molar-refractivity contribution in [1.29, 1.82) is 0 Å². The highest BCUT2D eigenvalue weighted by molar-refractivity contribution is 5.94. The predicted molar refractivity (Wildman–Crippen MR) is 119 cm³/mol. The van der Waals surface area contributed by atoms with E-state index < -0.39 is 0 Å². The zero-order valence-corrected chi connectivity index (χ0v) is 18.7. The molecule has 2 amide bonds. The van der Waals surface area contributed by atoms with E-state index in [0.717, 1.165) is 50.0 Å². The second-order valence-corrected chi connectivity index (χ2v) is 9.59. The minimum Gasteiger partial charge on any atom is -0.342 e. The molecule has 1 unspecified atom stereocenters. The molecule has 5 rings (SSSR count). The number of fused-ring (bicyclic) bond motifs is 1. The lowest BCUT2D eigenvalue weighted by Gasteiger charge is -2.37. The Morgan fingerprint density at radius 3 is 2.53 bits per heavy atom. The summed E-state index contributed by atoms with van der Waals surface area (Å²) in [6, 6.07) is 6.57. The van der Waals surface area contributed by atoms with Crippen molar-refractivity contribution in [3.8, 4) is 5.69 Å². The zero-order valence-electron chi connectivity index (χ0n) is 18.7. The Morgan fingerprint density at radius 2 is 1.78 bits per heavy atom. The van der Waals surface area contributed by atoms with Crippen LogP contribution in [0.1, 0.15) is 60.8 Å². The lowest BCUT2D eigenvalue weighted by Crippen LogP contribution is -2.47. The van der Waals surface area contributed by atoms with Crippen molar-refractivity contribution in [2.24, 2.45) is 11.8 Å². The van der Waals surface area contributed by atoms with Gasteiger partial charge < -0.3 is 9.80 Å². The standard InChI is InChI=1S/C25H31FN4O2/c1-17-6-5-13-29(16-17)24(31)18-11-14-28(15-12-18)25(32)23-19-7-4-10-21(19)30(27-23)22-9-3-2-8-20(22)26/h2-3,8-9,17-18H,4-7,10-16H2,1H3. The summed E-state index contributed by atoms with van der Waals surface area (Å²) >= 11 is 0. The number of piperidine rings is 2. The second kappa shape index (κ2) is 8.68. The molecule has 7 heteroatoms. The van der Waals surface area contributed by atoms with Crippen molar-refractivity contribution in [2.45, 2.75) is 51.9 Å². The molecule has 1 aliphatic carbocycles.